The van der Waals surface area contributed by atoms with Gasteiger partial charge in [0.1, 0.15) is 6.33 Å². The van der Waals surface area contributed by atoms with Crippen LogP contribution in [0.2, 0.25) is 0 Å². The lowest BCUT2D eigenvalue weighted by atomic mass is 10.1. The minimum absolute atomic E-state index is 0.0700. The van der Waals surface area contributed by atoms with Crippen LogP contribution in [0.25, 0.3) is 11.4 Å². The fourth-order valence-corrected chi connectivity index (χ4v) is 3.31. The maximum absolute atomic E-state index is 12.7. The molecule has 3 aromatic rings. The molecule has 138 valence electrons. The zero-order valence-electron chi connectivity index (χ0n) is 15.0. The van der Waals surface area contributed by atoms with Crippen molar-refractivity contribution >= 4 is 5.91 Å². The number of aromatic amines is 1. The number of hydrogen-bond acceptors (Lipinski definition) is 4. The molecular weight excluding hydrogens is 340 g/mol. The third-order valence-corrected chi connectivity index (χ3v) is 4.88. The van der Waals surface area contributed by atoms with Crippen molar-refractivity contribution < 1.29 is 9.53 Å². The molecule has 0 unspecified atom stereocenters. The van der Waals surface area contributed by atoms with Crippen LogP contribution >= 0.6 is 0 Å². The van der Waals surface area contributed by atoms with Crippen LogP contribution in [0, 0.1) is 0 Å². The number of piperidine rings is 1. The van der Waals surface area contributed by atoms with Gasteiger partial charge < -0.3 is 9.64 Å². The molecule has 6 nitrogen and oxygen atoms in total. The standard InChI is InChI=1S/C21H22N4O2/c26-21(18-8-6-17(7-9-18)20-22-15-23-24-20)25-12-10-19(11-13-25)27-14-16-4-2-1-3-5-16/h1-9,15,19H,10-14H2,(H,22,23,24). The predicted molar refractivity (Wildman–Crippen MR) is 102 cm³/mol. The molecule has 1 amide bonds. The molecule has 0 aliphatic carbocycles. The highest BCUT2D eigenvalue weighted by atomic mass is 16.5. The third-order valence-electron chi connectivity index (χ3n) is 4.88. The van der Waals surface area contributed by atoms with Crippen LogP contribution in [-0.4, -0.2) is 45.2 Å². The maximum Gasteiger partial charge on any atom is 0.253 e. The first-order valence-corrected chi connectivity index (χ1v) is 9.20. The van der Waals surface area contributed by atoms with Crippen molar-refractivity contribution in [1.29, 1.82) is 0 Å². The summed E-state index contributed by atoms with van der Waals surface area (Å²) in [6, 6.07) is 17.7. The van der Waals surface area contributed by atoms with Gasteiger partial charge in [-0.05, 0) is 30.5 Å². The lowest BCUT2D eigenvalue weighted by Gasteiger charge is -2.32. The van der Waals surface area contributed by atoms with Gasteiger partial charge in [0, 0.05) is 24.2 Å². The Bertz CT molecular complexity index is 855. The van der Waals surface area contributed by atoms with E-state index in [0.717, 1.165) is 31.5 Å². The average Bonchev–Trinajstić information content (AvgIpc) is 3.28. The van der Waals surface area contributed by atoms with E-state index in [4.69, 9.17) is 4.74 Å². The van der Waals surface area contributed by atoms with Gasteiger partial charge in [-0.3, -0.25) is 9.89 Å². The number of carbonyl (C=O) groups excluding carboxylic acids is 1. The van der Waals surface area contributed by atoms with E-state index in [1.54, 1.807) is 0 Å². The fourth-order valence-electron chi connectivity index (χ4n) is 3.31. The largest absolute Gasteiger partial charge is 0.373 e. The van der Waals surface area contributed by atoms with Gasteiger partial charge >= 0.3 is 0 Å². The number of nitrogens with zero attached hydrogens (tertiary/aromatic N) is 3. The summed E-state index contributed by atoms with van der Waals surface area (Å²) < 4.78 is 6.01. The second kappa shape index (κ2) is 8.14. The molecule has 4 rings (SSSR count). The quantitative estimate of drug-likeness (QED) is 0.756. The smallest absolute Gasteiger partial charge is 0.253 e. The Labute approximate surface area is 158 Å². The van der Waals surface area contributed by atoms with Crippen molar-refractivity contribution in [2.24, 2.45) is 0 Å². The lowest BCUT2D eigenvalue weighted by Crippen LogP contribution is -2.40. The van der Waals surface area contributed by atoms with Crippen molar-refractivity contribution in [3.8, 4) is 11.4 Å². The first kappa shape index (κ1) is 17.4. The molecule has 1 aromatic heterocycles. The van der Waals surface area contributed by atoms with Gasteiger partial charge in [0.25, 0.3) is 5.91 Å². The van der Waals surface area contributed by atoms with Crippen LogP contribution in [0.5, 0.6) is 0 Å². The molecule has 1 saturated heterocycles. The Morgan fingerprint density at radius 3 is 2.48 bits per heavy atom. The minimum Gasteiger partial charge on any atom is -0.373 e. The molecule has 2 aromatic carbocycles. The van der Waals surface area contributed by atoms with Gasteiger partial charge in [-0.2, -0.15) is 5.10 Å². The second-order valence-corrected chi connectivity index (χ2v) is 6.70. The number of H-pyrrole nitrogens is 1. The van der Waals surface area contributed by atoms with Gasteiger partial charge in [0.15, 0.2) is 5.82 Å². The van der Waals surface area contributed by atoms with E-state index in [2.05, 4.69) is 27.3 Å². The number of likely N-dealkylation sites (tertiary alicyclic amines) is 1. The number of benzene rings is 2. The Balaban J connectivity index is 1.29. The maximum atomic E-state index is 12.7. The van der Waals surface area contributed by atoms with Gasteiger partial charge in [0.05, 0.1) is 12.7 Å². The Morgan fingerprint density at radius 2 is 1.81 bits per heavy atom. The minimum atomic E-state index is 0.0700. The van der Waals surface area contributed by atoms with Gasteiger partial charge in [-0.1, -0.05) is 42.5 Å². The lowest BCUT2D eigenvalue weighted by molar-refractivity contribution is -0.000378. The summed E-state index contributed by atoms with van der Waals surface area (Å²) in [5, 5.41) is 6.67. The molecule has 0 radical (unpaired) electrons. The monoisotopic (exact) mass is 362 g/mol. The predicted octanol–water partition coefficient (Wildman–Crippen LogP) is 3.29. The Hall–Kier alpha value is -2.99. The first-order chi connectivity index (χ1) is 13.3. The molecule has 1 aliphatic heterocycles. The highest BCUT2D eigenvalue weighted by Gasteiger charge is 2.24. The summed E-state index contributed by atoms with van der Waals surface area (Å²) in [5.41, 5.74) is 2.79. The molecular formula is C21H22N4O2. The van der Waals surface area contributed by atoms with Crippen molar-refractivity contribution in [2.75, 3.05) is 13.1 Å². The highest BCUT2D eigenvalue weighted by Crippen LogP contribution is 2.20. The summed E-state index contributed by atoms with van der Waals surface area (Å²) >= 11 is 0. The molecule has 0 spiro atoms. The topological polar surface area (TPSA) is 71.1 Å². The van der Waals surface area contributed by atoms with E-state index < -0.39 is 0 Å². The van der Waals surface area contributed by atoms with Gasteiger partial charge in [-0.25, -0.2) is 4.98 Å². The fraction of sp³-hybridized carbons (Fsp3) is 0.286. The average molecular weight is 362 g/mol. The summed E-state index contributed by atoms with van der Waals surface area (Å²) in [7, 11) is 0. The number of nitrogens with one attached hydrogen (secondary N) is 1. The van der Waals surface area contributed by atoms with E-state index in [9.17, 15) is 4.79 Å². The number of carbonyl (C=O) groups is 1. The van der Waals surface area contributed by atoms with Crippen molar-refractivity contribution in [1.82, 2.24) is 20.1 Å². The van der Waals surface area contributed by atoms with Crippen molar-refractivity contribution in [2.45, 2.75) is 25.6 Å². The molecule has 27 heavy (non-hydrogen) atoms. The van der Waals surface area contributed by atoms with Crippen LogP contribution < -0.4 is 0 Å². The molecule has 0 saturated carbocycles. The highest BCUT2D eigenvalue weighted by molar-refractivity contribution is 5.94. The zero-order chi connectivity index (χ0) is 18.5. The second-order valence-electron chi connectivity index (χ2n) is 6.70. The van der Waals surface area contributed by atoms with E-state index in [0.29, 0.717) is 18.0 Å². The Morgan fingerprint density at radius 1 is 1.07 bits per heavy atom. The number of hydrogen-bond donors (Lipinski definition) is 1. The van der Waals surface area contributed by atoms with Crippen LogP contribution in [0.4, 0.5) is 0 Å². The van der Waals surface area contributed by atoms with Crippen molar-refractivity contribution in [3.05, 3.63) is 72.1 Å². The molecule has 1 aliphatic rings. The van der Waals surface area contributed by atoms with Gasteiger partial charge in [-0.15, -0.1) is 0 Å². The molecule has 1 N–H and O–H groups in total. The Kier molecular flexibility index (Phi) is 5.25. The number of amides is 1. The molecule has 6 heteroatoms. The third kappa shape index (κ3) is 4.23. The number of rotatable bonds is 5. The number of ether oxygens (including phenoxy) is 1. The summed E-state index contributed by atoms with van der Waals surface area (Å²) in [6.07, 6.45) is 3.42. The van der Waals surface area contributed by atoms with E-state index >= 15 is 0 Å². The molecule has 0 bridgehead atoms. The SMILES string of the molecule is O=C(c1ccc(-c2ncn[nH]2)cc1)N1CCC(OCc2ccccc2)CC1. The summed E-state index contributed by atoms with van der Waals surface area (Å²) in [4.78, 5) is 18.8. The zero-order valence-corrected chi connectivity index (χ0v) is 15.0. The van der Waals surface area contributed by atoms with Crippen LogP contribution in [0.15, 0.2) is 60.9 Å². The molecule has 0 atom stereocenters. The van der Waals surface area contributed by atoms with E-state index in [-0.39, 0.29) is 12.0 Å². The van der Waals surface area contributed by atoms with E-state index in [1.165, 1.54) is 11.9 Å². The van der Waals surface area contributed by atoms with E-state index in [1.807, 2.05) is 47.4 Å². The van der Waals surface area contributed by atoms with Crippen LogP contribution in [0.1, 0.15) is 28.8 Å². The summed E-state index contributed by atoms with van der Waals surface area (Å²) in [5.74, 6) is 0.769. The van der Waals surface area contributed by atoms with Crippen LogP contribution in [0.3, 0.4) is 0 Å². The summed E-state index contributed by atoms with van der Waals surface area (Å²) in [6.45, 7) is 2.08. The normalized spacial score (nSPS) is 15.0. The number of aromatic nitrogens is 3. The molecule has 1 fully saturated rings. The molecule has 2 heterocycles. The van der Waals surface area contributed by atoms with Gasteiger partial charge in [0.2, 0.25) is 0 Å². The van der Waals surface area contributed by atoms with Crippen LogP contribution in [-0.2, 0) is 11.3 Å². The van der Waals surface area contributed by atoms with Crippen molar-refractivity contribution in [3.63, 3.8) is 0 Å². The first-order valence-electron chi connectivity index (χ1n) is 9.20.